The molecule has 3 nitrogen and oxygen atoms in total. The van der Waals surface area contributed by atoms with E-state index in [1.165, 1.54) is 5.56 Å². The van der Waals surface area contributed by atoms with Gasteiger partial charge in [0.1, 0.15) is 6.04 Å². The van der Waals surface area contributed by atoms with Crippen molar-refractivity contribution in [1.29, 1.82) is 0 Å². The van der Waals surface area contributed by atoms with E-state index in [2.05, 4.69) is 24.4 Å². The topological polar surface area (TPSA) is 49.3 Å². The van der Waals surface area contributed by atoms with Crippen LogP contribution in [0.4, 0.5) is 0 Å². The van der Waals surface area contributed by atoms with Gasteiger partial charge in [0.05, 0.1) is 0 Å². The number of aliphatic carboxylic acids is 1. The molecule has 1 aliphatic carbocycles. The van der Waals surface area contributed by atoms with E-state index in [-0.39, 0.29) is 12.1 Å². The number of hydrogen-bond donors (Lipinski definition) is 2. The summed E-state index contributed by atoms with van der Waals surface area (Å²) in [6, 6.07) is 10.2. The van der Waals surface area contributed by atoms with Crippen LogP contribution in [-0.2, 0) is 11.2 Å². The molecule has 2 atom stereocenters. The largest absolute Gasteiger partial charge is 0.480 e. The summed E-state index contributed by atoms with van der Waals surface area (Å²) in [6.07, 6.45) is 4.07. The molecule has 0 amide bonds. The van der Waals surface area contributed by atoms with Crippen molar-refractivity contribution >= 4 is 5.97 Å². The molecule has 2 rings (SSSR count). The number of aryl methyl sites for hydroxylation is 1. The summed E-state index contributed by atoms with van der Waals surface area (Å²) in [5.74, 6) is -0.356. The number of hydrogen-bond acceptors (Lipinski definition) is 2. The lowest BCUT2D eigenvalue weighted by Crippen LogP contribution is -2.43. The highest BCUT2D eigenvalue weighted by Gasteiger charge is 2.36. The predicted octanol–water partition coefficient (Wildman–Crippen LogP) is 2.46. The highest BCUT2D eigenvalue weighted by Crippen LogP contribution is 2.33. The molecule has 18 heavy (non-hydrogen) atoms. The molecule has 98 valence electrons. The van der Waals surface area contributed by atoms with Crippen LogP contribution in [0, 0.1) is 5.92 Å². The summed E-state index contributed by atoms with van der Waals surface area (Å²) < 4.78 is 0. The van der Waals surface area contributed by atoms with E-state index in [0.29, 0.717) is 5.92 Å². The predicted molar refractivity (Wildman–Crippen MR) is 71.5 cm³/mol. The molecule has 1 aromatic carbocycles. The Balaban J connectivity index is 1.77. The molecular weight excluding hydrogens is 226 g/mol. The standard InChI is InChI=1S/C15H21NO2/c1-11(7-8-12-5-3-2-4-6-12)16-14(15(17)18)13-9-10-13/h2-6,11,13-14,16H,7-10H2,1H3,(H,17,18). The second-order valence-corrected chi connectivity index (χ2v) is 5.25. The molecule has 0 aromatic heterocycles. The second-order valence-electron chi connectivity index (χ2n) is 5.25. The fraction of sp³-hybridized carbons (Fsp3) is 0.533. The van der Waals surface area contributed by atoms with E-state index in [4.69, 9.17) is 5.11 Å². The number of rotatable bonds is 7. The molecule has 0 radical (unpaired) electrons. The van der Waals surface area contributed by atoms with E-state index in [1.807, 2.05) is 18.2 Å². The Morgan fingerprint density at radius 3 is 2.61 bits per heavy atom. The molecule has 1 aromatic rings. The van der Waals surface area contributed by atoms with E-state index < -0.39 is 5.97 Å². The maximum atomic E-state index is 11.1. The molecule has 1 fully saturated rings. The Labute approximate surface area is 108 Å². The van der Waals surface area contributed by atoms with Gasteiger partial charge in [-0.2, -0.15) is 0 Å². The molecule has 0 aliphatic heterocycles. The molecule has 2 unspecified atom stereocenters. The fourth-order valence-corrected chi connectivity index (χ4v) is 2.26. The average Bonchev–Trinajstić information content (AvgIpc) is 3.18. The van der Waals surface area contributed by atoms with Crippen molar-refractivity contribution in [2.24, 2.45) is 5.92 Å². The minimum Gasteiger partial charge on any atom is -0.480 e. The quantitative estimate of drug-likeness (QED) is 0.778. The van der Waals surface area contributed by atoms with Gasteiger partial charge in [-0.15, -0.1) is 0 Å². The number of carbonyl (C=O) groups is 1. The lowest BCUT2D eigenvalue weighted by atomic mass is 10.0. The zero-order valence-electron chi connectivity index (χ0n) is 10.8. The first-order chi connectivity index (χ1) is 8.66. The molecule has 0 bridgehead atoms. The van der Waals surface area contributed by atoms with Gasteiger partial charge in [0.15, 0.2) is 0 Å². The van der Waals surface area contributed by atoms with Gasteiger partial charge in [-0.05, 0) is 44.1 Å². The fourth-order valence-electron chi connectivity index (χ4n) is 2.26. The van der Waals surface area contributed by atoms with Crippen LogP contribution in [0.15, 0.2) is 30.3 Å². The first kappa shape index (κ1) is 13.1. The van der Waals surface area contributed by atoms with Crippen LogP contribution in [0.3, 0.4) is 0 Å². The molecule has 1 aliphatic rings. The number of benzene rings is 1. The minimum absolute atomic E-state index is 0.243. The summed E-state index contributed by atoms with van der Waals surface area (Å²) in [7, 11) is 0. The third-order valence-electron chi connectivity index (χ3n) is 3.53. The first-order valence-electron chi connectivity index (χ1n) is 6.69. The third-order valence-corrected chi connectivity index (χ3v) is 3.53. The average molecular weight is 247 g/mol. The summed E-state index contributed by atoms with van der Waals surface area (Å²) in [5, 5.41) is 12.4. The molecular formula is C15H21NO2. The van der Waals surface area contributed by atoms with E-state index in [1.54, 1.807) is 0 Å². The lowest BCUT2D eigenvalue weighted by Gasteiger charge is -2.19. The summed E-state index contributed by atoms with van der Waals surface area (Å²) >= 11 is 0. The third kappa shape index (κ3) is 3.84. The Bertz CT molecular complexity index is 387. The zero-order chi connectivity index (χ0) is 13.0. The monoisotopic (exact) mass is 247 g/mol. The maximum Gasteiger partial charge on any atom is 0.320 e. The van der Waals surface area contributed by atoms with Crippen LogP contribution in [-0.4, -0.2) is 23.2 Å². The summed E-state index contributed by atoms with van der Waals surface area (Å²) in [5.41, 5.74) is 1.31. The van der Waals surface area contributed by atoms with E-state index in [0.717, 1.165) is 25.7 Å². The van der Waals surface area contributed by atoms with Crippen molar-refractivity contribution in [2.45, 2.75) is 44.7 Å². The van der Waals surface area contributed by atoms with Gasteiger partial charge in [-0.25, -0.2) is 0 Å². The maximum absolute atomic E-state index is 11.1. The number of nitrogens with one attached hydrogen (secondary N) is 1. The van der Waals surface area contributed by atoms with Crippen molar-refractivity contribution in [3.8, 4) is 0 Å². The van der Waals surface area contributed by atoms with E-state index in [9.17, 15) is 4.79 Å². The summed E-state index contributed by atoms with van der Waals surface area (Å²) in [4.78, 5) is 11.1. The molecule has 0 saturated heterocycles. The second kappa shape index (κ2) is 6.01. The highest BCUT2D eigenvalue weighted by atomic mass is 16.4. The van der Waals surface area contributed by atoms with Crippen molar-refractivity contribution in [3.63, 3.8) is 0 Å². The van der Waals surface area contributed by atoms with Crippen molar-refractivity contribution in [1.82, 2.24) is 5.32 Å². The SMILES string of the molecule is CC(CCc1ccccc1)NC(C(=O)O)C1CC1. The van der Waals surface area contributed by atoms with Crippen molar-refractivity contribution in [2.75, 3.05) is 0 Å². The van der Waals surface area contributed by atoms with Gasteiger partial charge >= 0.3 is 5.97 Å². The van der Waals surface area contributed by atoms with Gasteiger partial charge in [0.25, 0.3) is 0 Å². The van der Waals surface area contributed by atoms with Crippen LogP contribution in [0.5, 0.6) is 0 Å². The van der Waals surface area contributed by atoms with Gasteiger partial charge in [-0.1, -0.05) is 30.3 Å². The molecule has 1 saturated carbocycles. The van der Waals surface area contributed by atoms with Gasteiger partial charge in [0.2, 0.25) is 0 Å². The Morgan fingerprint density at radius 1 is 1.39 bits per heavy atom. The van der Waals surface area contributed by atoms with Crippen LogP contribution in [0.2, 0.25) is 0 Å². The number of carboxylic acid groups (broad SMARTS) is 1. The van der Waals surface area contributed by atoms with Gasteiger partial charge < -0.3 is 10.4 Å². The lowest BCUT2D eigenvalue weighted by molar-refractivity contribution is -0.140. The van der Waals surface area contributed by atoms with Crippen LogP contribution in [0.1, 0.15) is 31.7 Å². The smallest absolute Gasteiger partial charge is 0.320 e. The molecule has 0 spiro atoms. The number of carboxylic acids is 1. The van der Waals surface area contributed by atoms with Crippen LogP contribution < -0.4 is 5.32 Å². The first-order valence-corrected chi connectivity index (χ1v) is 6.69. The Morgan fingerprint density at radius 2 is 2.06 bits per heavy atom. The zero-order valence-corrected chi connectivity index (χ0v) is 10.8. The Hall–Kier alpha value is -1.35. The van der Waals surface area contributed by atoms with Crippen LogP contribution >= 0.6 is 0 Å². The van der Waals surface area contributed by atoms with Gasteiger partial charge in [0, 0.05) is 6.04 Å². The minimum atomic E-state index is -0.705. The highest BCUT2D eigenvalue weighted by molar-refractivity contribution is 5.74. The molecule has 2 N–H and O–H groups in total. The molecule has 0 heterocycles. The van der Waals surface area contributed by atoms with Crippen LogP contribution in [0.25, 0.3) is 0 Å². The normalized spacial score (nSPS) is 18.3. The summed E-state index contributed by atoms with van der Waals surface area (Å²) in [6.45, 7) is 2.07. The van der Waals surface area contributed by atoms with Gasteiger partial charge in [-0.3, -0.25) is 4.79 Å². The van der Waals surface area contributed by atoms with Crippen molar-refractivity contribution in [3.05, 3.63) is 35.9 Å². The molecule has 3 heteroatoms. The Kier molecular flexibility index (Phi) is 4.37. The van der Waals surface area contributed by atoms with Crippen molar-refractivity contribution < 1.29 is 9.90 Å². The van der Waals surface area contributed by atoms with E-state index >= 15 is 0 Å².